The first-order chi connectivity index (χ1) is 15.0. The number of carbonyl (C=O) groups excluding carboxylic acids is 2. The number of nitrogens with one attached hydrogen (secondary N) is 1. The normalized spacial score (nSPS) is 12.5. The second kappa shape index (κ2) is 7.21. The molecule has 0 aliphatic carbocycles. The Morgan fingerprint density at radius 1 is 1.00 bits per heavy atom. The van der Waals surface area contributed by atoms with Crippen LogP contribution in [0, 0.1) is 0 Å². The Bertz CT molecular complexity index is 1420. The van der Waals surface area contributed by atoms with Gasteiger partial charge in [-0.05, 0) is 30.3 Å². The van der Waals surface area contributed by atoms with Gasteiger partial charge in [0.25, 0.3) is 11.5 Å². The van der Waals surface area contributed by atoms with Crippen molar-refractivity contribution >= 4 is 28.3 Å². The molecule has 5 rings (SSSR count). The number of anilines is 1. The van der Waals surface area contributed by atoms with E-state index in [1.54, 1.807) is 55.6 Å². The van der Waals surface area contributed by atoms with Crippen LogP contribution in [-0.4, -0.2) is 21.7 Å². The van der Waals surface area contributed by atoms with Crippen molar-refractivity contribution in [1.29, 1.82) is 0 Å². The molecule has 0 unspecified atom stereocenters. The van der Waals surface area contributed by atoms with Gasteiger partial charge >= 0.3 is 5.97 Å². The molecule has 0 bridgehead atoms. The number of hydrogen-bond acceptors (Lipinski definition) is 5. The van der Waals surface area contributed by atoms with E-state index in [2.05, 4.69) is 10.4 Å². The van der Waals surface area contributed by atoms with Gasteiger partial charge in [-0.15, -0.1) is 0 Å². The van der Waals surface area contributed by atoms with Gasteiger partial charge in [0.1, 0.15) is 6.61 Å². The molecule has 0 fully saturated rings. The van der Waals surface area contributed by atoms with Crippen LogP contribution < -0.4 is 10.9 Å². The average Bonchev–Trinajstić information content (AvgIpc) is 3.16. The number of nitrogens with zero attached hydrogens (tertiary/aromatic N) is 2. The van der Waals surface area contributed by atoms with Gasteiger partial charge in [-0.2, -0.15) is 5.10 Å². The van der Waals surface area contributed by atoms with Gasteiger partial charge < -0.3 is 10.1 Å². The molecule has 1 aliphatic rings. The highest BCUT2D eigenvalue weighted by atomic mass is 16.5. The van der Waals surface area contributed by atoms with Crippen molar-refractivity contribution in [1.82, 2.24) is 9.78 Å². The van der Waals surface area contributed by atoms with Crippen molar-refractivity contribution in [2.24, 2.45) is 7.05 Å². The molecule has 4 aromatic rings. The Labute approximate surface area is 176 Å². The molecule has 31 heavy (non-hydrogen) atoms. The third-order valence-corrected chi connectivity index (χ3v) is 5.32. The summed E-state index contributed by atoms with van der Waals surface area (Å²) in [6.07, 6.45) is 0. The fourth-order valence-corrected chi connectivity index (χ4v) is 3.69. The monoisotopic (exact) mass is 411 g/mol. The van der Waals surface area contributed by atoms with E-state index >= 15 is 0 Å². The number of carbonyl (C=O) groups is 2. The summed E-state index contributed by atoms with van der Waals surface area (Å²) >= 11 is 0. The second-order valence-electron chi connectivity index (χ2n) is 7.30. The molecular formula is C24H17N3O4. The van der Waals surface area contributed by atoms with E-state index < -0.39 is 0 Å². The number of aromatic nitrogens is 2. The fraction of sp³-hybridized carbons (Fsp3) is 0.0833. The molecular weight excluding hydrogens is 394 g/mol. The zero-order valence-corrected chi connectivity index (χ0v) is 16.6. The Kier molecular flexibility index (Phi) is 4.36. The fourth-order valence-electron chi connectivity index (χ4n) is 3.69. The third-order valence-electron chi connectivity index (χ3n) is 5.32. The largest absolute Gasteiger partial charge is 0.457 e. The van der Waals surface area contributed by atoms with Gasteiger partial charge in [0, 0.05) is 34.8 Å². The molecule has 152 valence electrons. The minimum atomic E-state index is -0.382. The molecule has 0 saturated heterocycles. The number of benzene rings is 3. The molecule has 1 aromatic heterocycles. The van der Waals surface area contributed by atoms with E-state index in [0.29, 0.717) is 27.9 Å². The van der Waals surface area contributed by atoms with Gasteiger partial charge in [-0.25, -0.2) is 9.48 Å². The predicted octanol–water partition coefficient (Wildman–Crippen LogP) is 3.52. The van der Waals surface area contributed by atoms with Crippen LogP contribution in [0.25, 0.3) is 22.0 Å². The second-order valence-corrected chi connectivity index (χ2v) is 7.30. The SMILES string of the molecule is Cn1nc(-c2ccc(C(=O)Nc3ccc4c(c3)C(=O)OC4)cc2)c2ccccc2c1=O. The average molecular weight is 411 g/mol. The summed E-state index contributed by atoms with van der Waals surface area (Å²) in [7, 11) is 1.62. The number of cyclic esters (lactones) is 1. The molecule has 0 spiro atoms. The molecule has 3 aromatic carbocycles. The van der Waals surface area contributed by atoms with E-state index in [1.165, 1.54) is 4.68 Å². The lowest BCUT2D eigenvalue weighted by atomic mass is 10.0. The van der Waals surface area contributed by atoms with Crippen LogP contribution in [0.1, 0.15) is 26.3 Å². The maximum Gasteiger partial charge on any atom is 0.338 e. The number of ether oxygens (including phenoxy) is 1. The molecule has 7 nitrogen and oxygen atoms in total. The lowest BCUT2D eigenvalue weighted by molar-refractivity contribution is 0.0535. The first kappa shape index (κ1) is 18.7. The zero-order valence-electron chi connectivity index (χ0n) is 16.6. The highest BCUT2D eigenvalue weighted by molar-refractivity contribution is 6.05. The summed E-state index contributed by atoms with van der Waals surface area (Å²) in [6, 6.07) is 19.5. The van der Waals surface area contributed by atoms with Crippen molar-refractivity contribution in [2.45, 2.75) is 6.61 Å². The van der Waals surface area contributed by atoms with Gasteiger partial charge in [0.15, 0.2) is 0 Å². The Hall–Kier alpha value is -4.26. The van der Waals surface area contributed by atoms with Crippen LogP contribution in [0.5, 0.6) is 0 Å². The number of fused-ring (bicyclic) bond motifs is 2. The van der Waals surface area contributed by atoms with Crippen molar-refractivity contribution in [3.05, 3.63) is 93.8 Å². The molecule has 0 atom stereocenters. The van der Waals surface area contributed by atoms with Crippen molar-refractivity contribution in [3.63, 3.8) is 0 Å². The number of rotatable bonds is 3. The van der Waals surface area contributed by atoms with Crippen LogP contribution in [0.15, 0.2) is 71.5 Å². The number of amides is 1. The Balaban J connectivity index is 1.43. The van der Waals surface area contributed by atoms with Crippen LogP contribution in [0.4, 0.5) is 5.69 Å². The van der Waals surface area contributed by atoms with Crippen LogP contribution >= 0.6 is 0 Å². The van der Waals surface area contributed by atoms with Crippen molar-refractivity contribution in [2.75, 3.05) is 5.32 Å². The summed E-state index contributed by atoms with van der Waals surface area (Å²) in [4.78, 5) is 36.7. The minimum absolute atomic E-state index is 0.159. The highest BCUT2D eigenvalue weighted by Gasteiger charge is 2.21. The van der Waals surface area contributed by atoms with Crippen LogP contribution in [0.2, 0.25) is 0 Å². The molecule has 1 aliphatic heterocycles. The summed E-state index contributed by atoms with van der Waals surface area (Å²) in [5, 5.41) is 8.57. The topological polar surface area (TPSA) is 90.3 Å². The first-order valence-corrected chi connectivity index (χ1v) is 9.69. The molecule has 1 N–H and O–H groups in total. The zero-order chi connectivity index (χ0) is 21.5. The summed E-state index contributed by atoms with van der Waals surface area (Å²) in [5.74, 6) is -0.677. The summed E-state index contributed by atoms with van der Waals surface area (Å²) < 4.78 is 6.31. The van der Waals surface area contributed by atoms with E-state index in [1.807, 2.05) is 18.2 Å². The Morgan fingerprint density at radius 2 is 1.74 bits per heavy atom. The predicted molar refractivity (Wildman–Crippen MR) is 116 cm³/mol. The smallest absolute Gasteiger partial charge is 0.338 e. The third kappa shape index (κ3) is 3.26. The van der Waals surface area contributed by atoms with Gasteiger partial charge in [-0.1, -0.05) is 36.4 Å². The summed E-state index contributed by atoms with van der Waals surface area (Å²) in [6.45, 7) is 0.262. The Morgan fingerprint density at radius 3 is 2.52 bits per heavy atom. The lowest BCUT2D eigenvalue weighted by Gasteiger charge is -2.10. The maximum atomic E-state index is 12.7. The van der Waals surface area contributed by atoms with Crippen LogP contribution in [-0.2, 0) is 18.4 Å². The lowest BCUT2D eigenvalue weighted by Crippen LogP contribution is -2.20. The van der Waals surface area contributed by atoms with E-state index in [0.717, 1.165) is 16.5 Å². The quantitative estimate of drug-likeness (QED) is 0.521. The van der Waals surface area contributed by atoms with Gasteiger partial charge in [0.2, 0.25) is 0 Å². The molecule has 0 saturated carbocycles. The van der Waals surface area contributed by atoms with E-state index in [-0.39, 0.29) is 24.0 Å². The van der Waals surface area contributed by atoms with Gasteiger partial charge in [-0.3, -0.25) is 9.59 Å². The molecule has 1 amide bonds. The molecule has 7 heteroatoms. The van der Waals surface area contributed by atoms with E-state index in [9.17, 15) is 14.4 Å². The van der Waals surface area contributed by atoms with Gasteiger partial charge in [0.05, 0.1) is 16.6 Å². The first-order valence-electron chi connectivity index (χ1n) is 9.69. The molecule has 0 radical (unpaired) electrons. The van der Waals surface area contributed by atoms with Crippen LogP contribution in [0.3, 0.4) is 0 Å². The number of aryl methyl sites for hydroxylation is 1. The maximum absolute atomic E-state index is 12.7. The summed E-state index contributed by atoms with van der Waals surface area (Å²) in [5.41, 5.74) is 3.57. The number of hydrogen-bond donors (Lipinski definition) is 1. The number of esters is 1. The standard InChI is InChI=1S/C24H17N3O4/c1-27-23(29)19-5-3-2-4-18(19)21(26-27)14-6-8-15(9-7-14)22(28)25-17-11-10-16-13-31-24(30)20(16)12-17/h2-12H,13H2,1H3,(H,25,28). The molecule has 2 heterocycles. The van der Waals surface area contributed by atoms with E-state index in [4.69, 9.17) is 4.74 Å². The van der Waals surface area contributed by atoms with Crippen molar-refractivity contribution < 1.29 is 14.3 Å². The minimum Gasteiger partial charge on any atom is -0.457 e. The van der Waals surface area contributed by atoms with Crippen molar-refractivity contribution in [3.8, 4) is 11.3 Å². The highest BCUT2D eigenvalue weighted by Crippen LogP contribution is 2.26.